The largest absolute Gasteiger partial charge is 0.490 e. The smallest absolute Gasteiger partial charge is 0.248 e. The fourth-order valence-electron chi connectivity index (χ4n) is 4.97. The number of hydrogen-bond acceptors (Lipinski definition) is 7. The molecule has 5 rings (SSSR count). The Bertz CT molecular complexity index is 1260. The Morgan fingerprint density at radius 3 is 2.82 bits per heavy atom. The number of amides is 1. The molecule has 1 amide bonds. The van der Waals surface area contributed by atoms with E-state index in [9.17, 15) is 15.2 Å². The zero-order valence-electron chi connectivity index (χ0n) is 18.5. The molecule has 0 saturated carbocycles. The van der Waals surface area contributed by atoms with E-state index in [2.05, 4.69) is 16.3 Å². The summed E-state index contributed by atoms with van der Waals surface area (Å²) in [7, 11) is 0. The molecule has 0 radical (unpaired) electrons. The molecule has 2 atom stereocenters. The van der Waals surface area contributed by atoms with Crippen molar-refractivity contribution in [3.8, 4) is 34.7 Å². The highest BCUT2D eigenvalue weighted by atomic mass is 16.5. The zero-order valence-corrected chi connectivity index (χ0v) is 18.5. The number of carbonyl (C=O) groups excluding carboxylic acids is 1. The molecule has 1 aliphatic carbocycles. The average Bonchev–Trinajstić information content (AvgIpc) is 3.49. The number of nitrogens with zero attached hydrogens (tertiary/aromatic N) is 4. The van der Waals surface area contributed by atoms with Crippen molar-refractivity contribution in [2.45, 2.75) is 38.8 Å². The van der Waals surface area contributed by atoms with Crippen LogP contribution in [-0.2, 0) is 11.2 Å². The van der Waals surface area contributed by atoms with Crippen LogP contribution >= 0.6 is 0 Å². The molecule has 3 aromatic rings. The van der Waals surface area contributed by atoms with Gasteiger partial charge in [0, 0.05) is 24.1 Å². The van der Waals surface area contributed by atoms with Gasteiger partial charge in [-0.3, -0.25) is 4.79 Å². The summed E-state index contributed by atoms with van der Waals surface area (Å²) in [6, 6.07) is 13.3. The number of carbonyl (C=O) groups is 1. The summed E-state index contributed by atoms with van der Waals surface area (Å²) < 4.78 is 11.7. The summed E-state index contributed by atoms with van der Waals surface area (Å²) in [4.78, 5) is 14.2. The first-order valence-corrected chi connectivity index (χ1v) is 11.1. The minimum absolute atomic E-state index is 0.0197. The standard InChI is InChI=1S/C25H24N4O4/c1-14(2)32-21-7-6-15(10-17(21)13-26)24-27-28-25(33-24)19-5-3-4-18-20(19)11-16-12-22(31)29(8-9-30)23(16)18/h3-7,10,14,16,23,30H,8-9,11-12H2,1-2H3. The normalized spacial score (nSPS) is 19.0. The second-order valence-corrected chi connectivity index (χ2v) is 8.70. The van der Waals surface area contributed by atoms with Crippen molar-refractivity contribution in [2.75, 3.05) is 13.2 Å². The number of likely N-dealkylation sites (tertiary alicyclic amines) is 1. The van der Waals surface area contributed by atoms with Crippen LogP contribution in [0.5, 0.6) is 5.75 Å². The Kier molecular flexibility index (Phi) is 5.35. The third kappa shape index (κ3) is 3.64. The first-order chi connectivity index (χ1) is 16.0. The minimum Gasteiger partial charge on any atom is -0.490 e. The second-order valence-electron chi connectivity index (χ2n) is 8.70. The molecule has 1 aliphatic heterocycles. The molecule has 1 fully saturated rings. The van der Waals surface area contributed by atoms with Gasteiger partial charge in [-0.2, -0.15) is 5.26 Å². The zero-order chi connectivity index (χ0) is 23.1. The van der Waals surface area contributed by atoms with Crippen molar-refractivity contribution in [2.24, 2.45) is 5.92 Å². The van der Waals surface area contributed by atoms with E-state index in [0.29, 0.717) is 41.6 Å². The monoisotopic (exact) mass is 444 g/mol. The van der Waals surface area contributed by atoms with Crippen molar-refractivity contribution >= 4 is 5.91 Å². The van der Waals surface area contributed by atoms with Gasteiger partial charge in [0.2, 0.25) is 17.7 Å². The third-order valence-corrected chi connectivity index (χ3v) is 6.24. The first kappa shape index (κ1) is 21.2. The fraction of sp³-hybridized carbons (Fsp3) is 0.360. The van der Waals surface area contributed by atoms with E-state index in [-0.39, 0.29) is 30.6 Å². The van der Waals surface area contributed by atoms with Gasteiger partial charge >= 0.3 is 0 Å². The van der Waals surface area contributed by atoms with E-state index in [0.717, 1.165) is 23.1 Å². The summed E-state index contributed by atoms with van der Waals surface area (Å²) >= 11 is 0. The predicted octanol–water partition coefficient (Wildman–Crippen LogP) is 3.50. The number of aliphatic hydroxyl groups is 1. The van der Waals surface area contributed by atoms with E-state index in [1.807, 2.05) is 32.0 Å². The van der Waals surface area contributed by atoms with Gasteiger partial charge in [-0.1, -0.05) is 12.1 Å². The minimum atomic E-state index is -0.0529. The van der Waals surface area contributed by atoms with Gasteiger partial charge < -0.3 is 19.2 Å². The van der Waals surface area contributed by atoms with E-state index in [4.69, 9.17) is 9.15 Å². The molecule has 8 heteroatoms. The lowest BCUT2D eigenvalue weighted by Crippen LogP contribution is -2.30. The number of rotatable bonds is 6. The highest BCUT2D eigenvalue weighted by Gasteiger charge is 2.46. The van der Waals surface area contributed by atoms with Gasteiger partial charge in [0.1, 0.15) is 11.8 Å². The van der Waals surface area contributed by atoms with Crippen molar-refractivity contribution in [3.63, 3.8) is 0 Å². The van der Waals surface area contributed by atoms with E-state index in [1.54, 1.807) is 23.1 Å². The Morgan fingerprint density at radius 2 is 2.06 bits per heavy atom. The molecule has 168 valence electrons. The number of hydrogen-bond donors (Lipinski definition) is 1. The lowest BCUT2D eigenvalue weighted by Gasteiger charge is -2.24. The second kappa shape index (κ2) is 8.34. The third-order valence-electron chi connectivity index (χ3n) is 6.24. The Balaban J connectivity index is 1.48. The fourth-order valence-corrected chi connectivity index (χ4v) is 4.97. The van der Waals surface area contributed by atoms with Crippen LogP contribution in [0.4, 0.5) is 0 Å². The Morgan fingerprint density at radius 1 is 1.24 bits per heavy atom. The molecule has 1 aromatic heterocycles. The maximum atomic E-state index is 12.4. The van der Waals surface area contributed by atoms with Crippen LogP contribution in [0.3, 0.4) is 0 Å². The van der Waals surface area contributed by atoms with E-state index in [1.165, 1.54) is 0 Å². The molecule has 0 spiro atoms. The van der Waals surface area contributed by atoms with Crippen LogP contribution in [0, 0.1) is 17.2 Å². The molecule has 33 heavy (non-hydrogen) atoms. The van der Waals surface area contributed by atoms with Gasteiger partial charge in [-0.15, -0.1) is 10.2 Å². The first-order valence-electron chi connectivity index (χ1n) is 11.1. The van der Waals surface area contributed by atoms with Crippen molar-refractivity contribution < 1.29 is 19.1 Å². The van der Waals surface area contributed by atoms with E-state index >= 15 is 0 Å². The predicted molar refractivity (Wildman–Crippen MR) is 119 cm³/mol. The number of aromatic nitrogens is 2. The number of nitriles is 1. The van der Waals surface area contributed by atoms with Crippen molar-refractivity contribution in [3.05, 3.63) is 53.1 Å². The highest BCUT2D eigenvalue weighted by Crippen LogP contribution is 2.49. The van der Waals surface area contributed by atoms with Crippen LogP contribution < -0.4 is 4.74 Å². The summed E-state index contributed by atoms with van der Waals surface area (Å²) in [5.41, 5.74) is 4.10. The molecule has 2 aromatic carbocycles. The SMILES string of the molecule is CC(C)Oc1ccc(-c2nnc(-c3cccc4c3CC3CC(=O)N(CCO)C43)o2)cc1C#N. The summed E-state index contributed by atoms with van der Waals surface area (Å²) in [5.74, 6) is 1.53. The molecule has 1 saturated heterocycles. The van der Waals surface area contributed by atoms with Gasteiger partial charge in [0.05, 0.1) is 24.3 Å². The maximum absolute atomic E-state index is 12.4. The van der Waals surface area contributed by atoms with Crippen molar-refractivity contribution in [1.29, 1.82) is 5.26 Å². The number of fused-ring (bicyclic) bond motifs is 3. The van der Waals surface area contributed by atoms with Crippen LogP contribution in [0.1, 0.15) is 43.0 Å². The molecular formula is C25H24N4O4. The molecule has 2 unspecified atom stereocenters. The lowest BCUT2D eigenvalue weighted by atomic mass is 10.0. The molecular weight excluding hydrogens is 420 g/mol. The molecule has 8 nitrogen and oxygen atoms in total. The molecule has 0 bridgehead atoms. The Hall–Kier alpha value is -3.70. The van der Waals surface area contributed by atoms with Crippen molar-refractivity contribution in [1.82, 2.24) is 15.1 Å². The molecule has 2 heterocycles. The highest BCUT2D eigenvalue weighted by molar-refractivity contribution is 5.81. The van der Waals surface area contributed by atoms with Gasteiger partial charge in [-0.25, -0.2) is 0 Å². The summed E-state index contributed by atoms with van der Waals surface area (Å²) in [6.45, 7) is 4.10. The number of aliphatic hydroxyl groups excluding tert-OH is 1. The van der Waals surface area contributed by atoms with Gasteiger partial charge in [0.15, 0.2) is 0 Å². The van der Waals surface area contributed by atoms with Crippen LogP contribution in [-0.4, -0.2) is 45.4 Å². The van der Waals surface area contributed by atoms with Gasteiger partial charge in [-0.05, 0) is 61.6 Å². The van der Waals surface area contributed by atoms with Crippen LogP contribution in [0.25, 0.3) is 22.9 Å². The number of ether oxygens (including phenoxy) is 1. The van der Waals surface area contributed by atoms with E-state index < -0.39 is 0 Å². The molecule has 1 N–H and O–H groups in total. The Labute approximate surface area is 191 Å². The van der Waals surface area contributed by atoms with Crippen LogP contribution in [0.2, 0.25) is 0 Å². The maximum Gasteiger partial charge on any atom is 0.248 e. The average molecular weight is 444 g/mol. The number of benzene rings is 2. The molecule has 2 aliphatic rings. The topological polar surface area (TPSA) is 112 Å². The summed E-state index contributed by atoms with van der Waals surface area (Å²) in [6.07, 6.45) is 1.19. The van der Waals surface area contributed by atoms with Gasteiger partial charge in [0.25, 0.3) is 0 Å². The van der Waals surface area contributed by atoms with Crippen LogP contribution in [0.15, 0.2) is 40.8 Å². The summed E-state index contributed by atoms with van der Waals surface area (Å²) in [5, 5.41) is 27.4. The quantitative estimate of drug-likeness (QED) is 0.619. The lowest BCUT2D eigenvalue weighted by molar-refractivity contribution is -0.129. The number of β-amino-alcohol motifs (C(OH)–C–C–N with tert-alkyl or cyclic N) is 1.